The number of likely N-dealkylation sites (N-methyl/N-ethyl adjacent to an activating group) is 1. The molecule has 5 heteroatoms. The van der Waals surface area contributed by atoms with Crippen molar-refractivity contribution in [2.45, 2.75) is 13.8 Å². The Kier molecular flexibility index (Phi) is 5.94. The summed E-state index contributed by atoms with van der Waals surface area (Å²) in [4.78, 5) is 25.9. The maximum Gasteiger partial charge on any atom is 0.260 e. The standard InChI is InChI=1S/C23H24N2O3/c1-16-7-6-10-21(17(16)2)24-22(26)14-25(3)23(27)15-28-20-12-11-18-8-4-5-9-19(18)13-20/h4-13H,14-15H2,1-3H3,(H,24,26). The van der Waals surface area contributed by atoms with E-state index in [2.05, 4.69) is 5.32 Å². The van der Waals surface area contributed by atoms with Crippen molar-refractivity contribution in [1.29, 1.82) is 0 Å². The molecule has 0 aliphatic heterocycles. The van der Waals surface area contributed by atoms with Crippen LogP contribution in [0.2, 0.25) is 0 Å². The Bertz CT molecular complexity index is 1010. The second kappa shape index (κ2) is 8.57. The van der Waals surface area contributed by atoms with Gasteiger partial charge in [0.1, 0.15) is 5.75 Å². The molecule has 0 atom stereocenters. The summed E-state index contributed by atoms with van der Waals surface area (Å²) in [6.45, 7) is 3.79. The molecule has 3 aromatic carbocycles. The molecule has 0 saturated carbocycles. The predicted molar refractivity (Wildman–Crippen MR) is 112 cm³/mol. The van der Waals surface area contributed by atoms with Crippen LogP contribution in [0.4, 0.5) is 5.69 Å². The van der Waals surface area contributed by atoms with E-state index in [4.69, 9.17) is 4.74 Å². The molecule has 3 aromatic rings. The quantitative estimate of drug-likeness (QED) is 0.709. The van der Waals surface area contributed by atoms with Crippen molar-refractivity contribution in [3.8, 4) is 5.75 Å². The van der Waals surface area contributed by atoms with E-state index in [1.54, 1.807) is 7.05 Å². The van der Waals surface area contributed by atoms with Crippen molar-refractivity contribution in [1.82, 2.24) is 4.90 Å². The third kappa shape index (κ3) is 4.68. The van der Waals surface area contributed by atoms with Crippen LogP contribution in [0.5, 0.6) is 5.75 Å². The Balaban J connectivity index is 1.53. The number of hydrogen-bond acceptors (Lipinski definition) is 3. The average molecular weight is 376 g/mol. The van der Waals surface area contributed by atoms with Gasteiger partial charge in [-0.25, -0.2) is 0 Å². The Hall–Kier alpha value is -3.34. The van der Waals surface area contributed by atoms with E-state index in [9.17, 15) is 9.59 Å². The van der Waals surface area contributed by atoms with Gasteiger partial charge >= 0.3 is 0 Å². The van der Waals surface area contributed by atoms with Gasteiger partial charge in [0.05, 0.1) is 6.54 Å². The Morgan fingerprint density at radius 2 is 1.71 bits per heavy atom. The number of hydrogen-bond donors (Lipinski definition) is 1. The number of aryl methyl sites for hydroxylation is 1. The summed E-state index contributed by atoms with van der Waals surface area (Å²) in [7, 11) is 1.59. The Morgan fingerprint density at radius 1 is 0.964 bits per heavy atom. The molecule has 0 fully saturated rings. The highest BCUT2D eigenvalue weighted by Gasteiger charge is 2.14. The van der Waals surface area contributed by atoms with Crippen molar-refractivity contribution in [2.75, 3.05) is 25.5 Å². The van der Waals surface area contributed by atoms with E-state index >= 15 is 0 Å². The fourth-order valence-corrected chi connectivity index (χ4v) is 2.89. The number of rotatable bonds is 6. The van der Waals surface area contributed by atoms with E-state index in [1.807, 2.05) is 74.5 Å². The largest absolute Gasteiger partial charge is 0.484 e. The lowest BCUT2D eigenvalue weighted by atomic mass is 10.1. The number of amides is 2. The molecular formula is C23H24N2O3. The van der Waals surface area contributed by atoms with E-state index in [0.29, 0.717) is 5.75 Å². The summed E-state index contributed by atoms with van der Waals surface area (Å²) >= 11 is 0. The number of benzene rings is 3. The monoisotopic (exact) mass is 376 g/mol. The van der Waals surface area contributed by atoms with Gasteiger partial charge in [0, 0.05) is 12.7 Å². The van der Waals surface area contributed by atoms with Gasteiger partial charge < -0.3 is 15.0 Å². The molecule has 0 aromatic heterocycles. The van der Waals surface area contributed by atoms with Crippen LogP contribution in [0.3, 0.4) is 0 Å². The van der Waals surface area contributed by atoms with Crippen LogP contribution < -0.4 is 10.1 Å². The first-order valence-electron chi connectivity index (χ1n) is 9.15. The van der Waals surface area contributed by atoms with Gasteiger partial charge in [0.15, 0.2) is 6.61 Å². The summed E-state index contributed by atoms with van der Waals surface area (Å²) in [6.07, 6.45) is 0. The minimum Gasteiger partial charge on any atom is -0.484 e. The summed E-state index contributed by atoms with van der Waals surface area (Å²) < 4.78 is 5.61. The topological polar surface area (TPSA) is 58.6 Å². The summed E-state index contributed by atoms with van der Waals surface area (Å²) in [5, 5.41) is 5.02. The molecular weight excluding hydrogens is 352 g/mol. The smallest absolute Gasteiger partial charge is 0.260 e. The van der Waals surface area contributed by atoms with Crippen LogP contribution in [-0.2, 0) is 9.59 Å². The first-order valence-corrected chi connectivity index (χ1v) is 9.15. The predicted octanol–water partition coefficient (Wildman–Crippen LogP) is 3.93. The number of nitrogens with zero attached hydrogens (tertiary/aromatic N) is 1. The second-order valence-electron chi connectivity index (χ2n) is 6.84. The lowest BCUT2D eigenvalue weighted by Gasteiger charge is -2.18. The summed E-state index contributed by atoms with van der Waals surface area (Å²) in [5.74, 6) is 0.125. The average Bonchev–Trinajstić information content (AvgIpc) is 2.69. The van der Waals surface area contributed by atoms with Crippen LogP contribution in [0.1, 0.15) is 11.1 Å². The number of nitrogens with one attached hydrogen (secondary N) is 1. The number of anilines is 1. The Labute approximate surface area is 164 Å². The zero-order chi connectivity index (χ0) is 20.1. The summed E-state index contributed by atoms with van der Waals surface area (Å²) in [6, 6.07) is 19.4. The number of carbonyl (C=O) groups is 2. The van der Waals surface area contributed by atoms with E-state index in [1.165, 1.54) is 4.90 Å². The first-order chi connectivity index (χ1) is 13.4. The molecule has 0 radical (unpaired) electrons. The van der Waals surface area contributed by atoms with Crippen LogP contribution >= 0.6 is 0 Å². The Morgan fingerprint density at radius 3 is 2.50 bits per heavy atom. The third-order valence-electron chi connectivity index (χ3n) is 4.77. The SMILES string of the molecule is Cc1cccc(NC(=O)CN(C)C(=O)COc2ccc3ccccc3c2)c1C. The lowest BCUT2D eigenvalue weighted by molar-refractivity contribution is -0.135. The van der Waals surface area contributed by atoms with Crippen molar-refractivity contribution >= 4 is 28.3 Å². The van der Waals surface area contributed by atoms with Gasteiger partial charge in [-0.1, -0.05) is 42.5 Å². The van der Waals surface area contributed by atoms with E-state index in [0.717, 1.165) is 27.6 Å². The van der Waals surface area contributed by atoms with Crippen LogP contribution in [0, 0.1) is 13.8 Å². The molecule has 5 nitrogen and oxygen atoms in total. The highest BCUT2D eigenvalue weighted by molar-refractivity contribution is 5.95. The molecule has 0 spiro atoms. The number of ether oxygens (including phenoxy) is 1. The second-order valence-corrected chi connectivity index (χ2v) is 6.84. The molecule has 0 unspecified atom stereocenters. The van der Waals surface area contributed by atoms with Gasteiger partial charge in [-0.2, -0.15) is 0 Å². The minimum absolute atomic E-state index is 0.0344. The molecule has 1 N–H and O–H groups in total. The molecule has 3 rings (SSSR count). The number of carbonyl (C=O) groups excluding carboxylic acids is 2. The van der Waals surface area contributed by atoms with Crippen molar-refractivity contribution in [3.63, 3.8) is 0 Å². The third-order valence-corrected chi connectivity index (χ3v) is 4.77. The molecule has 2 amide bonds. The van der Waals surface area contributed by atoms with Gasteiger partial charge in [0.2, 0.25) is 5.91 Å². The molecule has 0 heterocycles. The highest BCUT2D eigenvalue weighted by atomic mass is 16.5. The zero-order valence-electron chi connectivity index (χ0n) is 16.4. The van der Waals surface area contributed by atoms with Crippen LogP contribution in [-0.4, -0.2) is 36.9 Å². The maximum absolute atomic E-state index is 12.3. The van der Waals surface area contributed by atoms with Crippen LogP contribution in [0.25, 0.3) is 10.8 Å². The minimum atomic E-state index is -0.260. The van der Waals surface area contributed by atoms with Gasteiger partial charge in [-0.15, -0.1) is 0 Å². The van der Waals surface area contributed by atoms with Gasteiger partial charge in [-0.05, 0) is 53.9 Å². The lowest BCUT2D eigenvalue weighted by Crippen LogP contribution is -2.37. The fraction of sp³-hybridized carbons (Fsp3) is 0.217. The van der Waals surface area contributed by atoms with Crippen LogP contribution in [0.15, 0.2) is 60.7 Å². The normalized spacial score (nSPS) is 10.5. The summed E-state index contributed by atoms with van der Waals surface area (Å²) in [5.41, 5.74) is 2.88. The first kappa shape index (κ1) is 19.4. The van der Waals surface area contributed by atoms with Crippen molar-refractivity contribution < 1.29 is 14.3 Å². The van der Waals surface area contributed by atoms with Gasteiger partial charge in [0.25, 0.3) is 5.91 Å². The molecule has 0 bridgehead atoms. The number of fused-ring (bicyclic) bond motifs is 1. The zero-order valence-corrected chi connectivity index (χ0v) is 16.4. The van der Waals surface area contributed by atoms with Gasteiger partial charge in [-0.3, -0.25) is 9.59 Å². The highest BCUT2D eigenvalue weighted by Crippen LogP contribution is 2.20. The molecule has 0 aliphatic rings. The molecule has 144 valence electrons. The molecule has 0 aliphatic carbocycles. The maximum atomic E-state index is 12.3. The molecule has 28 heavy (non-hydrogen) atoms. The van der Waals surface area contributed by atoms with Crippen molar-refractivity contribution in [3.05, 3.63) is 71.8 Å². The van der Waals surface area contributed by atoms with Crippen molar-refractivity contribution in [2.24, 2.45) is 0 Å². The molecule has 0 saturated heterocycles. The van der Waals surface area contributed by atoms with E-state index in [-0.39, 0.29) is 25.0 Å². The van der Waals surface area contributed by atoms with E-state index < -0.39 is 0 Å². The fourth-order valence-electron chi connectivity index (χ4n) is 2.89.